The number of aliphatic hydroxyl groups excluding tert-OH is 2. The van der Waals surface area contributed by atoms with Crippen molar-refractivity contribution >= 4 is 23.5 Å². The van der Waals surface area contributed by atoms with Gasteiger partial charge < -0.3 is 10.2 Å². The van der Waals surface area contributed by atoms with E-state index >= 15 is 0 Å². The average Bonchev–Trinajstić information content (AvgIpc) is 2.36. The third-order valence-corrected chi connectivity index (χ3v) is 5.44. The molecule has 1 aliphatic rings. The van der Waals surface area contributed by atoms with Gasteiger partial charge >= 0.3 is 0 Å². The van der Waals surface area contributed by atoms with Crippen LogP contribution in [0.2, 0.25) is 0 Å². The Hall–Kier alpha value is -0.670. The van der Waals surface area contributed by atoms with Gasteiger partial charge in [-0.2, -0.15) is 5.26 Å². The number of nitrogens with zero attached hydrogens (tertiary/aromatic N) is 1. The standard InChI is InChI=1S/C12H13NO2S2/c13-7-8-1-3-9(4-2-8)17-12-11(15)10(14)5-6-16-12/h1-4,10-12,14-15H,5-6H2/t10-,11-,12+/m1/s1. The van der Waals surface area contributed by atoms with Gasteiger partial charge in [-0.05, 0) is 36.4 Å². The third kappa shape index (κ3) is 3.17. The largest absolute Gasteiger partial charge is 0.390 e. The fourth-order valence-corrected chi connectivity index (χ4v) is 4.37. The van der Waals surface area contributed by atoms with Crippen LogP contribution in [0.4, 0.5) is 0 Å². The number of benzene rings is 1. The smallest absolute Gasteiger partial charge is 0.101 e. The van der Waals surface area contributed by atoms with Crippen molar-refractivity contribution in [1.29, 1.82) is 5.26 Å². The number of hydrogen-bond acceptors (Lipinski definition) is 5. The maximum absolute atomic E-state index is 9.86. The minimum absolute atomic E-state index is 0.0355. The highest BCUT2D eigenvalue weighted by atomic mass is 32.2. The van der Waals surface area contributed by atoms with Gasteiger partial charge in [-0.3, -0.25) is 0 Å². The molecule has 0 saturated carbocycles. The van der Waals surface area contributed by atoms with Crippen molar-refractivity contribution in [1.82, 2.24) is 0 Å². The number of thioether (sulfide) groups is 2. The van der Waals surface area contributed by atoms with Gasteiger partial charge in [-0.15, -0.1) is 23.5 Å². The quantitative estimate of drug-likeness (QED) is 0.856. The van der Waals surface area contributed by atoms with Crippen LogP contribution in [-0.2, 0) is 0 Å². The Balaban J connectivity index is 2.02. The Bertz CT molecular complexity index is 416. The zero-order valence-corrected chi connectivity index (χ0v) is 10.7. The summed E-state index contributed by atoms with van der Waals surface area (Å²) in [4.78, 5) is 1.01. The molecule has 3 atom stereocenters. The monoisotopic (exact) mass is 267 g/mol. The fraction of sp³-hybridized carbons (Fsp3) is 0.417. The molecule has 17 heavy (non-hydrogen) atoms. The Kier molecular flexibility index (Phi) is 4.35. The van der Waals surface area contributed by atoms with Gasteiger partial charge in [0.2, 0.25) is 0 Å². The minimum atomic E-state index is -0.686. The van der Waals surface area contributed by atoms with Crippen LogP contribution < -0.4 is 0 Å². The summed E-state index contributed by atoms with van der Waals surface area (Å²) in [5, 5.41) is 28.1. The van der Waals surface area contributed by atoms with Crippen LogP contribution >= 0.6 is 23.5 Å². The maximum Gasteiger partial charge on any atom is 0.101 e. The Morgan fingerprint density at radius 2 is 2.00 bits per heavy atom. The molecule has 2 rings (SSSR count). The van der Waals surface area contributed by atoms with Gasteiger partial charge in [0.15, 0.2) is 0 Å². The van der Waals surface area contributed by atoms with Crippen molar-refractivity contribution in [3.8, 4) is 6.07 Å². The van der Waals surface area contributed by atoms with Gasteiger partial charge in [0.05, 0.1) is 22.3 Å². The molecule has 90 valence electrons. The molecule has 1 aliphatic heterocycles. The van der Waals surface area contributed by atoms with Crippen LogP contribution in [0, 0.1) is 11.3 Å². The van der Waals surface area contributed by atoms with E-state index in [1.54, 1.807) is 23.9 Å². The Morgan fingerprint density at radius 1 is 1.29 bits per heavy atom. The molecule has 1 saturated heterocycles. The van der Waals surface area contributed by atoms with Crippen molar-refractivity contribution in [2.75, 3.05) is 5.75 Å². The SMILES string of the molecule is N#Cc1ccc(S[C@@H]2SCC[C@@H](O)[C@H]2O)cc1. The molecule has 1 fully saturated rings. The van der Waals surface area contributed by atoms with Crippen molar-refractivity contribution in [2.45, 2.75) is 28.1 Å². The third-order valence-electron chi connectivity index (χ3n) is 2.60. The molecule has 0 amide bonds. The first-order valence-corrected chi connectivity index (χ1v) is 7.28. The summed E-state index contributed by atoms with van der Waals surface area (Å²) in [5.74, 6) is 0.867. The average molecular weight is 267 g/mol. The van der Waals surface area contributed by atoms with Crippen LogP contribution in [0.15, 0.2) is 29.2 Å². The molecule has 3 nitrogen and oxygen atoms in total. The highest BCUT2D eigenvalue weighted by Gasteiger charge is 2.31. The first-order chi connectivity index (χ1) is 8.20. The van der Waals surface area contributed by atoms with E-state index in [1.807, 2.05) is 12.1 Å². The lowest BCUT2D eigenvalue weighted by molar-refractivity contribution is 0.0251. The first-order valence-electron chi connectivity index (χ1n) is 5.35. The minimum Gasteiger partial charge on any atom is -0.390 e. The van der Waals surface area contributed by atoms with Gasteiger partial charge in [0.1, 0.15) is 6.10 Å². The van der Waals surface area contributed by atoms with Crippen molar-refractivity contribution in [3.63, 3.8) is 0 Å². The van der Waals surface area contributed by atoms with Gasteiger partial charge in [-0.25, -0.2) is 0 Å². The molecule has 0 unspecified atom stereocenters. The molecule has 2 N–H and O–H groups in total. The predicted octanol–water partition coefficient (Wildman–Crippen LogP) is 1.84. The van der Waals surface area contributed by atoms with E-state index in [2.05, 4.69) is 6.07 Å². The van der Waals surface area contributed by atoms with Crippen molar-refractivity contribution in [3.05, 3.63) is 29.8 Å². The maximum atomic E-state index is 9.86. The van der Waals surface area contributed by atoms with Crippen LogP contribution in [-0.4, -0.2) is 32.8 Å². The molecule has 0 bridgehead atoms. The molecule has 1 aromatic carbocycles. The molecule has 5 heteroatoms. The van der Waals surface area contributed by atoms with E-state index in [0.717, 1.165) is 10.6 Å². The second-order valence-electron chi connectivity index (χ2n) is 3.84. The fourth-order valence-electron chi connectivity index (χ4n) is 1.60. The predicted molar refractivity (Wildman–Crippen MR) is 69.9 cm³/mol. The lowest BCUT2D eigenvalue weighted by atomic mass is 10.2. The van der Waals surface area contributed by atoms with Crippen LogP contribution in [0.5, 0.6) is 0 Å². The molecular formula is C12H13NO2S2. The van der Waals surface area contributed by atoms with E-state index in [0.29, 0.717) is 12.0 Å². The first kappa shape index (κ1) is 12.8. The summed E-state index contributed by atoms with van der Waals surface area (Å²) >= 11 is 3.21. The molecule has 0 radical (unpaired) electrons. The zero-order valence-electron chi connectivity index (χ0n) is 9.11. The molecular weight excluding hydrogens is 254 g/mol. The summed E-state index contributed by atoms with van der Waals surface area (Å²) in [6.45, 7) is 0. The molecule has 0 aromatic heterocycles. The van der Waals surface area contributed by atoms with Crippen molar-refractivity contribution in [2.24, 2.45) is 0 Å². The van der Waals surface area contributed by atoms with E-state index in [9.17, 15) is 10.2 Å². The van der Waals surface area contributed by atoms with E-state index < -0.39 is 12.2 Å². The molecule has 0 aliphatic carbocycles. The molecule has 1 heterocycles. The van der Waals surface area contributed by atoms with Gasteiger partial charge in [0.25, 0.3) is 0 Å². The van der Waals surface area contributed by atoms with E-state index in [1.165, 1.54) is 11.8 Å². The zero-order chi connectivity index (χ0) is 12.3. The summed E-state index contributed by atoms with van der Waals surface area (Å²) in [5.41, 5.74) is 0.631. The second-order valence-corrected chi connectivity index (χ2v) is 6.60. The summed E-state index contributed by atoms with van der Waals surface area (Å²) in [6.07, 6.45) is -0.655. The van der Waals surface area contributed by atoms with E-state index in [-0.39, 0.29) is 4.58 Å². The topological polar surface area (TPSA) is 64.2 Å². The Labute approximate surface area is 109 Å². The lowest BCUT2D eigenvalue weighted by Gasteiger charge is -2.30. The van der Waals surface area contributed by atoms with Crippen LogP contribution in [0.25, 0.3) is 0 Å². The number of rotatable bonds is 2. The summed E-state index contributed by atoms with van der Waals surface area (Å²) in [6, 6.07) is 9.34. The highest BCUT2D eigenvalue weighted by Crippen LogP contribution is 2.38. The molecule has 1 aromatic rings. The Morgan fingerprint density at radius 3 is 2.65 bits per heavy atom. The normalized spacial score (nSPS) is 28.6. The van der Waals surface area contributed by atoms with E-state index in [4.69, 9.17) is 5.26 Å². The van der Waals surface area contributed by atoms with Gasteiger partial charge in [-0.1, -0.05) is 0 Å². The van der Waals surface area contributed by atoms with Crippen LogP contribution in [0.1, 0.15) is 12.0 Å². The highest BCUT2D eigenvalue weighted by molar-refractivity contribution is 8.17. The number of hydrogen-bond donors (Lipinski definition) is 2. The summed E-state index contributed by atoms with van der Waals surface area (Å²) < 4.78 is -0.0355. The molecule has 0 spiro atoms. The van der Waals surface area contributed by atoms with Crippen LogP contribution in [0.3, 0.4) is 0 Å². The number of aliphatic hydroxyl groups is 2. The second kappa shape index (κ2) is 5.78. The van der Waals surface area contributed by atoms with Gasteiger partial charge in [0, 0.05) is 4.90 Å². The summed E-state index contributed by atoms with van der Waals surface area (Å²) in [7, 11) is 0. The number of nitriles is 1. The lowest BCUT2D eigenvalue weighted by Crippen LogP contribution is -2.38. The van der Waals surface area contributed by atoms with Crippen molar-refractivity contribution < 1.29 is 10.2 Å².